The number of fused-ring (bicyclic) bond motifs is 1. The Morgan fingerprint density at radius 1 is 1.09 bits per heavy atom. The van der Waals surface area contributed by atoms with Gasteiger partial charge in [-0.15, -0.1) is 0 Å². The fraction of sp³-hybridized carbons (Fsp3) is 0.118. The molecule has 6 heteroatoms. The molecule has 0 saturated carbocycles. The van der Waals surface area contributed by atoms with Crippen LogP contribution >= 0.6 is 11.6 Å². The van der Waals surface area contributed by atoms with E-state index in [-0.39, 0.29) is 11.7 Å². The molecule has 0 spiro atoms. The number of furan rings is 1. The zero-order valence-electron chi connectivity index (χ0n) is 12.6. The zero-order valence-corrected chi connectivity index (χ0v) is 13.3. The lowest BCUT2D eigenvalue weighted by Crippen LogP contribution is -2.10. The lowest BCUT2D eigenvalue weighted by Gasteiger charge is -2.06. The van der Waals surface area contributed by atoms with Crippen LogP contribution in [0.25, 0.3) is 11.0 Å². The molecule has 0 unspecified atom stereocenters. The number of carbonyl (C=O) groups excluding carboxylic acids is 1. The van der Waals surface area contributed by atoms with Gasteiger partial charge >= 0.3 is 0 Å². The summed E-state index contributed by atoms with van der Waals surface area (Å²) in [6.07, 6.45) is 0. The summed E-state index contributed by atoms with van der Waals surface area (Å²) < 4.78 is 15.9. The van der Waals surface area contributed by atoms with E-state index in [9.17, 15) is 4.79 Å². The highest BCUT2D eigenvalue weighted by molar-refractivity contribution is 6.32. The molecule has 0 aliphatic heterocycles. The van der Waals surface area contributed by atoms with Crippen LogP contribution in [0.4, 0.5) is 5.69 Å². The summed E-state index contributed by atoms with van der Waals surface area (Å²) in [5.41, 5.74) is 1.08. The van der Waals surface area contributed by atoms with Crippen LogP contribution in [0.1, 0.15) is 10.6 Å². The number of anilines is 1. The summed E-state index contributed by atoms with van der Waals surface area (Å²) in [4.78, 5) is 12.3. The fourth-order valence-corrected chi connectivity index (χ4v) is 2.50. The van der Waals surface area contributed by atoms with E-state index in [0.29, 0.717) is 27.8 Å². The average molecular weight is 332 g/mol. The van der Waals surface area contributed by atoms with Gasteiger partial charge in [-0.1, -0.05) is 23.7 Å². The average Bonchev–Trinajstić information content (AvgIpc) is 2.99. The first-order valence-electron chi connectivity index (χ1n) is 6.84. The molecule has 1 heterocycles. The maximum absolute atomic E-state index is 12.3. The van der Waals surface area contributed by atoms with Gasteiger partial charge in [0, 0.05) is 11.1 Å². The number of hydrogen-bond acceptors (Lipinski definition) is 4. The first kappa shape index (κ1) is 15.2. The van der Waals surface area contributed by atoms with Gasteiger partial charge < -0.3 is 19.2 Å². The molecule has 23 heavy (non-hydrogen) atoms. The number of carbonyl (C=O) groups is 1. The van der Waals surface area contributed by atoms with Crippen molar-refractivity contribution in [3.05, 3.63) is 53.2 Å². The number of nitrogens with one attached hydrogen (secondary N) is 1. The number of ether oxygens (including phenoxy) is 2. The third-order valence-electron chi connectivity index (χ3n) is 3.36. The minimum absolute atomic E-state index is 0.191. The fourth-order valence-electron chi connectivity index (χ4n) is 2.25. The van der Waals surface area contributed by atoms with E-state index in [2.05, 4.69) is 5.32 Å². The second-order valence-corrected chi connectivity index (χ2v) is 5.20. The third-order valence-corrected chi connectivity index (χ3v) is 3.66. The Balaban J connectivity index is 1.87. The van der Waals surface area contributed by atoms with Gasteiger partial charge in [-0.2, -0.15) is 0 Å². The predicted molar refractivity (Wildman–Crippen MR) is 88.7 cm³/mol. The molecule has 0 fully saturated rings. The van der Waals surface area contributed by atoms with Crippen LogP contribution in [0.2, 0.25) is 5.02 Å². The highest BCUT2D eigenvalue weighted by Crippen LogP contribution is 2.30. The molecule has 118 valence electrons. The second kappa shape index (κ2) is 6.22. The normalized spacial score (nSPS) is 10.6. The van der Waals surface area contributed by atoms with Gasteiger partial charge in [0.05, 0.1) is 19.2 Å². The Labute approximate surface area is 137 Å². The smallest absolute Gasteiger partial charge is 0.291 e. The van der Waals surface area contributed by atoms with Crippen molar-refractivity contribution < 1.29 is 18.7 Å². The molecule has 5 nitrogen and oxygen atoms in total. The van der Waals surface area contributed by atoms with Crippen molar-refractivity contribution in [1.82, 2.24) is 0 Å². The molecule has 0 aliphatic carbocycles. The topological polar surface area (TPSA) is 60.7 Å². The second-order valence-electron chi connectivity index (χ2n) is 4.79. The van der Waals surface area contributed by atoms with E-state index in [0.717, 1.165) is 5.39 Å². The molecule has 0 aliphatic rings. The molecule has 3 rings (SSSR count). The van der Waals surface area contributed by atoms with Crippen LogP contribution in [0.15, 0.2) is 46.9 Å². The zero-order chi connectivity index (χ0) is 16.4. The van der Waals surface area contributed by atoms with Gasteiger partial charge in [0.25, 0.3) is 5.91 Å². The molecule has 1 N–H and O–H groups in total. The first-order valence-corrected chi connectivity index (χ1v) is 7.21. The minimum Gasteiger partial charge on any atom is -0.495 e. The summed E-state index contributed by atoms with van der Waals surface area (Å²) in [5.74, 6) is 0.938. The number of rotatable bonds is 4. The van der Waals surface area contributed by atoms with Gasteiger partial charge in [-0.3, -0.25) is 4.79 Å². The minimum atomic E-state index is -0.371. The van der Waals surface area contributed by atoms with Crippen LogP contribution in [0.5, 0.6) is 11.5 Å². The van der Waals surface area contributed by atoms with Gasteiger partial charge in [0.15, 0.2) is 17.1 Å². The van der Waals surface area contributed by atoms with Crippen LogP contribution < -0.4 is 14.8 Å². The third kappa shape index (κ3) is 2.96. The number of para-hydroxylation sites is 1. The Bertz CT molecular complexity index is 872. The van der Waals surface area contributed by atoms with E-state index in [1.165, 1.54) is 7.11 Å². The predicted octanol–water partition coefficient (Wildman–Crippen LogP) is 4.36. The summed E-state index contributed by atoms with van der Waals surface area (Å²) >= 11 is 6.05. The molecule has 0 bridgehead atoms. The van der Waals surface area contributed by atoms with Crippen molar-refractivity contribution in [1.29, 1.82) is 0 Å². The van der Waals surface area contributed by atoms with Crippen molar-refractivity contribution >= 4 is 34.2 Å². The van der Waals surface area contributed by atoms with Crippen molar-refractivity contribution in [3.8, 4) is 11.5 Å². The van der Waals surface area contributed by atoms with E-state index in [4.69, 9.17) is 25.5 Å². The Hall–Kier alpha value is -2.66. The van der Waals surface area contributed by atoms with Crippen molar-refractivity contribution in [2.75, 3.05) is 19.5 Å². The van der Waals surface area contributed by atoms with Crippen molar-refractivity contribution in [3.63, 3.8) is 0 Å². The summed E-state index contributed by atoms with van der Waals surface area (Å²) in [5, 5.41) is 3.94. The molecular weight excluding hydrogens is 318 g/mol. The van der Waals surface area contributed by atoms with Crippen LogP contribution in [0, 0.1) is 0 Å². The molecule has 3 aromatic rings. The van der Waals surface area contributed by atoms with Crippen LogP contribution in [-0.4, -0.2) is 20.1 Å². The number of hydrogen-bond donors (Lipinski definition) is 1. The molecule has 0 atom stereocenters. The quantitative estimate of drug-likeness (QED) is 0.771. The summed E-state index contributed by atoms with van der Waals surface area (Å²) in [7, 11) is 3.08. The Kier molecular flexibility index (Phi) is 4.12. The van der Waals surface area contributed by atoms with Gasteiger partial charge in [-0.05, 0) is 30.3 Å². The van der Waals surface area contributed by atoms with E-state index >= 15 is 0 Å². The number of amides is 1. The summed E-state index contributed by atoms with van der Waals surface area (Å²) in [6.45, 7) is 0. The first-order chi connectivity index (χ1) is 11.1. The van der Waals surface area contributed by atoms with E-state index in [1.54, 1.807) is 37.4 Å². The van der Waals surface area contributed by atoms with Gasteiger partial charge in [0.1, 0.15) is 5.75 Å². The molecule has 2 aromatic carbocycles. The number of methoxy groups -OCH3 is 2. The Morgan fingerprint density at radius 2 is 1.87 bits per heavy atom. The largest absolute Gasteiger partial charge is 0.495 e. The highest BCUT2D eigenvalue weighted by Gasteiger charge is 2.15. The molecule has 0 saturated heterocycles. The maximum atomic E-state index is 12.3. The monoisotopic (exact) mass is 331 g/mol. The molecular formula is C17H14ClNO4. The lowest BCUT2D eigenvalue weighted by molar-refractivity contribution is 0.0998. The van der Waals surface area contributed by atoms with Crippen molar-refractivity contribution in [2.24, 2.45) is 0 Å². The van der Waals surface area contributed by atoms with Crippen LogP contribution in [-0.2, 0) is 0 Å². The maximum Gasteiger partial charge on any atom is 0.291 e. The van der Waals surface area contributed by atoms with Crippen molar-refractivity contribution in [2.45, 2.75) is 0 Å². The number of halogens is 1. The van der Waals surface area contributed by atoms with E-state index < -0.39 is 0 Å². The van der Waals surface area contributed by atoms with E-state index in [1.807, 2.05) is 12.1 Å². The van der Waals surface area contributed by atoms with Crippen LogP contribution in [0.3, 0.4) is 0 Å². The highest BCUT2D eigenvalue weighted by atomic mass is 35.5. The lowest BCUT2D eigenvalue weighted by atomic mass is 10.2. The van der Waals surface area contributed by atoms with Gasteiger partial charge in [0.2, 0.25) is 0 Å². The molecule has 1 aromatic heterocycles. The number of benzene rings is 2. The standard InChI is InChI=1S/C17H14ClNO4/c1-21-13-7-6-11(9-12(13)18)19-17(20)15-8-10-4-3-5-14(22-2)16(10)23-15/h3-9H,1-2H3,(H,19,20). The SMILES string of the molecule is COc1ccc(NC(=O)c2cc3cccc(OC)c3o2)cc1Cl. The Morgan fingerprint density at radius 3 is 2.57 bits per heavy atom. The summed E-state index contributed by atoms with van der Waals surface area (Å²) in [6, 6.07) is 12.1. The molecule has 0 radical (unpaired) electrons. The molecule has 1 amide bonds. The van der Waals surface area contributed by atoms with Gasteiger partial charge in [-0.25, -0.2) is 0 Å².